The molecule has 0 aliphatic carbocycles. The molecule has 0 saturated heterocycles. The fourth-order valence-corrected chi connectivity index (χ4v) is 5.87. The molecule has 0 aliphatic heterocycles. The summed E-state index contributed by atoms with van der Waals surface area (Å²) in [6.45, 7) is 6.15. The number of rotatable bonds is 41. The van der Waals surface area contributed by atoms with Crippen LogP contribution in [0.4, 0.5) is 0 Å². The topological polar surface area (TPSA) is 78.9 Å². The minimum atomic E-state index is -0.834. The quantitative estimate of drug-likeness (QED) is 0.0264. The van der Waals surface area contributed by atoms with Crippen LogP contribution in [0.15, 0.2) is 134 Å². The van der Waals surface area contributed by atoms with Crippen molar-refractivity contribution in [1.82, 2.24) is 0 Å². The molecule has 346 valence electrons. The maximum absolute atomic E-state index is 12.8. The van der Waals surface area contributed by atoms with Crippen molar-refractivity contribution < 1.29 is 28.6 Å². The number of ether oxygens (including phenoxy) is 3. The lowest BCUT2D eigenvalue weighted by atomic mass is 10.1. The minimum Gasteiger partial charge on any atom is -0.462 e. The molecular formula is C56H86O6. The summed E-state index contributed by atoms with van der Waals surface area (Å²) in [5.41, 5.74) is 0. The van der Waals surface area contributed by atoms with E-state index in [-0.39, 0.29) is 50.4 Å². The number of hydrogen-bond donors (Lipinski definition) is 0. The van der Waals surface area contributed by atoms with Gasteiger partial charge in [0.05, 0.1) is 0 Å². The Morgan fingerprint density at radius 3 is 1.03 bits per heavy atom. The molecule has 6 nitrogen and oxygen atoms in total. The number of carbonyl (C=O) groups excluding carboxylic acids is 3. The van der Waals surface area contributed by atoms with Gasteiger partial charge < -0.3 is 14.2 Å². The lowest BCUT2D eigenvalue weighted by Gasteiger charge is -2.18. The van der Waals surface area contributed by atoms with Crippen LogP contribution in [-0.2, 0) is 28.6 Å². The van der Waals surface area contributed by atoms with E-state index in [1.54, 1.807) is 0 Å². The van der Waals surface area contributed by atoms with E-state index in [9.17, 15) is 14.4 Å². The molecule has 1 atom stereocenters. The molecule has 0 aliphatic rings. The van der Waals surface area contributed by atoms with Gasteiger partial charge >= 0.3 is 17.9 Å². The summed E-state index contributed by atoms with van der Waals surface area (Å²) in [7, 11) is 0. The Morgan fingerprint density at radius 1 is 0.323 bits per heavy atom. The van der Waals surface area contributed by atoms with Gasteiger partial charge in [-0.1, -0.05) is 180 Å². The SMILES string of the molecule is CC/C=C\C/C=C\C/C=C\C/C=C\C/C=C\CCC(=O)OCC(COC(=O)CCCC/C=C\C/C=C\C/C=C\CC)OC(=O)CCCCCCCC/C=C\C/C=C\C/C=C\CC. The van der Waals surface area contributed by atoms with Gasteiger partial charge in [-0.2, -0.15) is 0 Å². The molecule has 0 fully saturated rings. The second kappa shape index (κ2) is 49.2. The molecule has 62 heavy (non-hydrogen) atoms. The Balaban J connectivity index is 4.59. The molecule has 0 rings (SSSR count). The van der Waals surface area contributed by atoms with Crippen LogP contribution >= 0.6 is 0 Å². The van der Waals surface area contributed by atoms with Crippen LogP contribution in [0.1, 0.15) is 181 Å². The van der Waals surface area contributed by atoms with Crippen LogP contribution in [0.25, 0.3) is 0 Å². The lowest BCUT2D eigenvalue weighted by molar-refractivity contribution is -0.166. The first-order chi connectivity index (χ1) is 30.5. The number of esters is 3. The van der Waals surface area contributed by atoms with Crippen molar-refractivity contribution in [3.8, 4) is 0 Å². The zero-order valence-electron chi connectivity index (χ0n) is 39.3. The second-order valence-electron chi connectivity index (χ2n) is 15.2. The van der Waals surface area contributed by atoms with E-state index in [4.69, 9.17) is 14.2 Å². The number of unbranched alkanes of at least 4 members (excludes halogenated alkanes) is 8. The second-order valence-corrected chi connectivity index (χ2v) is 15.2. The molecule has 0 aromatic heterocycles. The Labute approximate surface area is 379 Å². The third kappa shape index (κ3) is 46.6. The first kappa shape index (κ1) is 57.5. The summed E-state index contributed by atoms with van der Waals surface area (Å²) in [6.07, 6.45) is 68.8. The first-order valence-corrected chi connectivity index (χ1v) is 24.2. The highest BCUT2D eigenvalue weighted by atomic mass is 16.6. The van der Waals surface area contributed by atoms with Crippen LogP contribution < -0.4 is 0 Å². The van der Waals surface area contributed by atoms with E-state index in [0.29, 0.717) is 12.8 Å². The molecule has 1 unspecified atom stereocenters. The summed E-state index contributed by atoms with van der Waals surface area (Å²) in [4.78, 5) is 37.8. The molecule has 0 heterocycles. The Hall–Kier alpha value is -4.45. The van der Waals surface area contributed by atoms with Gasteiger partial charge in [0.25, 0.3) is 0 Å². The first-order valence-electron chi connectivity index (χ1n) is 24.2. The molecule has 0 amide bonds. The van der Waals surface area contributed by atoms with Gasteiger partial charge in [-0.15, -0.1) is 0 Å². The van der Waals surface area contributed by atoms with E-state index in [0.717, 1.165) is 116 Å². The molecular weight excluding hydrogens is 769 g/mol. The van der Waals surface area contributed by atoms with Gasteiger partial charge in [-0.25, -0.2) is 0 Å². The fourth-order valence-electron chi connectivity index (χ4n) is 5.87. The van der Waals surface area contributed by atoms with Gasteiger partial charge in [-0.05, 0) is 116 Å². The van der Waals surface area contributed by atoms with Crippen molar-refractivity contribution in [2.24, 2.45) is 0 Å². The summed E-state index contributed by atoms with van der Waals surface area (Å²) in [6, 6.07) is 0. The maximum atomic E-state index is 12.8. The Kier molecular flexibility index (Phi) is 45.7. The summed E-state index contributed by atoms with van der Waals surface area (Å²) >= 11 is 0. The highest BCUT2D eigenvalue weighted by Gasteiger charge is 2.19. The zero-order valence-corrected chi connectivity index (χ0v) is 39.3. The molecule has 0 spiro atoms. The van der Waals surface area contributed by atoms with Crippen molar-refractivity contribution in [2.75, 3.05) is 13.2 Å². The van der Waals surface area contributed by atoms with Crippen molar-refractivity contribution in [3.63, 3.8) is 0 Å². The summed E-state index contributed by atoms with van der Waals surface area (Å²) in [5.74, 6) is -1.08. The van der Waals surface area contributed by atoms with Crippen molar-refractivity contribution >= 4 is 17.9 Å². The van der Waals surface area contributed by atoms with Crippen LogP contribution in [0.3, 0.4) is 0 Å². The Bertz CT molecular complexity index is 1400. The van der Waals surface area contributed by atoms with Crippen LogP contribution in [0.5, 0.6) is 0 Å². The Morgan fingerprint density at radius 2 is 0.613 bits per heavy atom. The predicted molar refractivity (Wildman–Crippen MR) is 265 cm³/mol. The van der Waals surface area contributed by atoms with Crippen LogP contribution in [0.2, 0.25) is 0 Å². The third-order valence-corrected chi connectivity index (χ3v) is 9.39. The average molecular weight is 855 g/mol. The van der Waals surface area contributed by atoms with E-state index >= 15 is 0 Å². The minimum absolute atomic E-state index is 0.132. The van der Waals surface area contributed by atoms with Crippen LogP contribution in [0, 0.1) is 0 Å². The normalized spacial score (nSPS) is 13.3. The van der Waals surface area contributed by atoms with Crippen molar-refractivity contribution in [3.05, 3.63) is 134 Å². The van der Waals surface area contributed by atoms with Crippen molar-refractivity contribution in [1.29, 1.82) is 0 Å². The predicted octanol–water partition coefficient (Wildman–Crippen LogP) is 15.9. The molecule has 0 N–H and O–H groups in total. The fraction of sp³-hybridized carbons (Fsp3) is 0.554. The average Bonchev–Trinajstić information content (AvgIpc) is 3.27. The third-order valence-electron chi connectivity index (χ3n) is 9.39. The van der Waals surface area contributed by atoms with Crippen molar-refractivity contribution in [2.45, 2.75) is 187 Å². The van der Waals surface area contributed by atoms with Gasteiger partial charge in [0.15, 0.2) is 6.10 Å². The standard InChI is InChI=1S/C56H86O6/c1-4-7-10-13-16-19-22-25-27-29-31-34-37-40-43-46-49-55(58)61-52-53(51-60-54(57)48-45-42-39-36-33-24-21-18-15-12-9-6-3)62-56(59)50-47-44-41-38-35-32-30-28-26-23-20-17-14-11-8-5-2/h7-12,16-21,25-28,31,33-34,36,40,43,53H,4-6,13-15,22-24,29-30,32,35,37-39,41-42,44-52H2,1-3H3/b10-7-,11-8-,12-9-,19-16-,20-17-,21-18-,27-25-,28-26-,34-31-,36-33-,43-40-. The highest BCUT2D eigenvalue weighted by Crippen LogP contribution is 2.12. The molecule has 0 saturated carbocycles. The van der Waals surface area contributed by atoms with E-state index in [1.807, 2.05) is 12.2 Å². The largest absolute Gasteiger partial charge is 0.462 e. The molecule has 0 aromatic rings. The lowest BCUT2D eigenvalue weighted by Crippen LogP contribution is -2.30. The van der Waals surface area contributed by atoms with E-state index in [2.05, 4.69) is 142 Å². The summed E-state index contributed by atoms with van der Waals surface area (Å²) < 4.78 is 16.6. The van der Waals surface area contributed by atoms with Gasteiger partial charge in [0, 0.05) is 19.3 Å². The molecule has 6 heteroatoms. The van der Waals surface area contributed by atoms with Crippen LogP contribution in [-0.4, -0.2) is 37.2 Å². The number of hydrogen-bond acceptors (Lipinski definition) is 6. The van der Waals surface area contributed by atoms with E-state index < -0.39 is 6.10 Å². The van der Waals surface area contributed by atoms with Gasteiger partial charge in [0.2, 0.25) is 0 Å². The number of carbonyl (C=O) groups is 3. The molecule has 0 radical (unpaired) electrons. The number of allylic oxidation sites excluding steroid dienone is 22. The summed E-state index contributed by atoms with van der Waals surface area (Å²) in [5, 5.41) is 0. The smallest absolute Gasteiger partial charge is 0.306 e. The highest BCUT2D eigenvalue weighted by molar-refractivity contribution is 5.71. The van der Waals surface area contributed by atoms with Gasteiger partial charge in [-0.3, -0.25) is 14.4 Å². The molecule has 0 aromatic carbocycles. The monoisotopic (exact) mass is 855 g/mol. The molecule has 0 bridgehead atoms. The van der Waals surface area contributed by atoms with E-state index in [1.165, 1.54) is 12.8 Å². The van der Waals surface area contributed by atoms with Gasteiger partial charge in [0.1, 0.15) is 13.2 Å². The zero-order chi connectivity index (χ0) is 45.1. The maximum Gasteiger partial charge on any atom is 0.306 e.